The molecule has 1 aromatic carbocycles. The zero-order valence-corrected chi connectivity index (χ0v) is 16.0. The molecule has 2 heterocycles. The third kappa shape index (κ3) is 3.83. The molecule has 0 radical (unpaired) electrons. The van der Waals surface area contributed by atoms with Crippen LogP contribution < -0.4 is 15.5 Å². The fourth-order valence-corrected chi connectivity index (χ4v) is 4.85. The Hall–Kier alpha value is -1.66. The zero-order valence-electron chi connectivity index (χ0n) is 16.0. The maximum Gasteiger partial charge on any atom is 0.224 e. The Bertz CT molecular complexity index is 697. The van der Waals surface area contributed by atoms with E-state index in [4.69, 9.17) is 0 Å². The maximum atomic E-state index is 14.0. The van der Waals surface area contributed by atoms with E-state index >= 15 is 0 Å². The molecule has 1 aromatic rings. The van der Waals surface area contributed by atoms with Gasteiger partial charge in [-0.05, 0) is 75.7 Å². The van der Waals surface area contributed by atoms with E-state index in [9.17, 15) is 14.3 Å². The molecule has 27 heavy (non-hydrogen) atoms. The molecule has 3 N–H and O–H groups in total. The number of piperidine rings is 2. The lowest BCUT2D eigenvalue weighted by Crippen LogP contribution is -2.38. The number of carbonyl (C=O) groups excluding carboxylic acids is 1. The summed E-state index contributed by atoms with van der Waals surface area (Å²) in [5.74, 6) is -0.0778. The van der Waals surface area contributed by atoms with Gasteiger partial charge in [-0.2, -0.15) is 0 Å². The number of nitrogens with one attached hydrogen (secondary N) is 2. The number of rotatable bonds is 4. The Balaban J connectivity index is 1.46. The van der Waals surface area contributed by atoms with Gasteiger partial charge in [0.25, 0.3) is 0 Å². The first kappa shape index (κ1) is 18.7. The average Bonchev–Trinajstić information content (AvgIpc) is 3.36. The summed E-state index contributed by atoms with van der Waals surface area (Å²) in [6, 6.07) is 4.58. The summed E-state index contributed by atoms with van der Waals surface area (Å²) >= 11 is 0. The first-order valence-corrected chi connectivity index (χ1v) is 10.2. The fourth-order valence-electron chi connectivity index (χ4n) is 4.85. The van der Waals surface area contributed by atoms with Crippen molar-refractivity contribution in [1.82, 2.24) is 10.6 Å². The van der Waals surface area contributed by atoms with Crippen LogP contribution >= 0.6 is 0 Å². The molecule has 1 aliphatic carbocycles. The van der Waals surface area contributed by atoms with Gasteiger partial charge in [-0.25, -0.2) is 4.39 Å². The van der Waals surface area contributed by atoms with E-state index in [1.807, 2.05) is 6.92 Å². The van der Waals surface area contributed by atoms with Gasteiger partial charge >= 0.3 is 0 Å². The van der Waals surface area contributed by atoms with Crippen LogP contribution in [0.2, 0.25) is 0 Å². The summed E-state index contributed by atoms with van der Waals surface area (Å²) in [6.45, 7) is 5.42. The van der Waals surface area contributed by atoms with Gasteiger partial charge in [-0.15, -0.1) is 0 Å². The Labute approximate surface area is 160 Å². The van der Waals surface area contributed by atoms with Crippen LogP contribution in [-0.2, 0) is 4.79 Å². The van der Waals surface area contributed by atoms with E-state index in [1.165, 1.54) is 6.07 Å². The topological polar surface area (TPSA) is 64.6 Å². The van der Waals surface area contributed by atoms with E-state index in [-0.39, 0.29) is 35.2 Å². The van der Waals surface area contributed by atoms with Crippen molar-refractivity contribution >= 4 is 11.6 Å². The van der Waals surface area contributed by atoms with Crippen LogP contribution in [-0.4, -0.2) is 43.3 Å². The molecule has 0 bridgehead atoms. The Kier molecular flexibility index (Phi) is 5.12. The highest BCUT2D eigenvalue weighted by Crippen LogP contribution is 2.58. The van der Waals surface area contributed by atoms with Gasteiger partial charge in [0.15, 0.2) is 0 Å². The number of aliphatic hydroxyl groups excluding tert-OH is 1. The monoisotopic (exact) mass is 375 g/mol. The summed E-state index contributed by atoms with van der Waals surface area (Å²) < 4.78 is 14.0. The molecular weight excluding hydrogens is 345 g/mol. The molecule has 1 amide bonds. The van der Waals surface area contributed by atoms with Gasteiger partial charge in [-0.3, -0.25) is 4.79 Å². The number of nitrogens with zero attached hydrogens (tertiary/aromatic N) is 1. The summed E-state index contributed by atoms with van der Waals surface area (Å²) in [7, 11) is 0. The van der Waals surface area contributed by atoms with E-state index in [1.54, 1.807) is 12.1 Å². The van der Waals surface area contributed by atoms with Crippen LogP contribution in [0.1, 0.15) is 50.6 Å². The number of halogens is 1. The third-order valence-electron chi connectivity index (χ3n) is 6.73. The molecule has 1 saturated carbocycles. The van der Waals surface area contributed by atoms with Gasteiger partial charge in [0, 0.05) is 30.3 Å². The smallest absolute Gasteiger partial charge is 0.224 e. The summed E-state index contributed by atoms with van der Waals surface area (Å²) in [5, 5.41) is 16.3. The summed E-state index contributed by atoms with van der Waals surface area (Å²) in [6.07, 6.45) is 4.31. The Morgan fingerprint density at radius 2 is 2.04 bits per heavy atom. The second-order valence-corrected chi connectivity index (χ2v) is 8.52. The van der Waals surface area contributed by atoms with E-state index in [2.05, 4.69) is 15.5 Å². The number of hydrogen-bond acceptors (Lipinski definition) is 4. The second-order valence-electron chi connectivity index (χ2n) is 8.52. The molecule has 2 atom stereocenters. The number of benzene rings is 1. The Morgan fingerprint density at radius 3 is 2.74 bits per heavy atom. The van der Waals surface area contributed by atoms with E-state index in [0.29, 0.717) is 0 Å². The van der Waals surface area contributed by atoms with Gasteiger partial charge in [0.1, 0.15) is 5.82 Å². The van der Waals surface area contributed by atoms with Gasteiger partial charge in [-0.1, -0.05) is 0 Å². The second kappa shape index (κ2) is 7.40. The van der Waals surface area contributed by atoms with Crippen molar-refractivity contribution in [2.75, 3.05) is 31.1 Å². The molecule has 148 valence electrons. The van der Waals surface area contributed by atoms with Crippen molar-refractivity contribution < 1.29 is 14.3 Å². The van der Waals surface area contributed by atoms with Crippen LogP contribution in [0.5, 0.6) is 0 Å². The normalized spacial score (nSPS) is 26.0. The van der Waals surface area contributed by atoms with Crippen molar-refractivity contribution in [3.63, 3.8) is 0 Å². The molecule has 5 nitrogen and oxygen atoms in total. The molecule has 3 aliphatic rings. The molecule has 2 saturated heterocycles. The quantitative estimate of drug-likeness (QED) is 0.756. The number of aliphatic hydroxyl groups is 1. The molecule has 0 aromatic heterocycles. The third-order valence-corrected chi connectivity index (χ3v) is 6.73. The van der Waals surface area contributed by atoms with Crippen molar-refractivity contribution in [3.05, 3.63) is 29.6 Å². The number of hydrogen-bond donors (Lipinski definition) is 3. The van der Waals surface area contributed by atoms with E-state index < -0.39 is 0 Å². The van der Waals surface area contributed by atoms with Crippen LogP contribution in [0.15, 0.2) is 18.2 Å². The largest absolute Gasteiger partial charge is 0.393 e. The lowest BCUT2D eigenvalue weighted by atomic mass is 9.91. The van der Waals surface area contributed by atoms with Crippen molar-refractivity contribution in [3.8, 4) is 0 Å². The molecule has 6 heteroatoms. The predicted octanol–water partition coefficient (Wildman–Crippen LogP) is 2.35. The molecule has 2 aliphatic heterocycles. The van der Waals surface area contributed by atoms with Crippen molar-refractivity contribution in [1.29, 1.82) is 0 Å². The van der Waals surface area contributed by atoms with Gasteiger partial charge in [0.2, 0.25) is 5.91 Å². The zero-order chi connectivity index (χ0) is 19.0. The van der Waals surface area contributed by atoms with Crippen molar-refractivity contribution in [2.45, 2.75) is 51.2 Å². The lowest BCUT2D eigenvalue weighted by molar-refractivity contribution is -0.123. The van der Waals surface area contributed by atoms with Gasteiger partial charge in [0.05, 0.1) is 12.1 Å². The molecule has 4 rings (SSSR count). The maximum absolute atomic E-state index is 14.0. The SMILES string of the molecule is C[C@H](NC(=O)[C@@H]1CC12CCNCC2)c1cc(F)ccc1N1CCC(O)CC1. The number of anilines is 1. The van der Waals surface area contributed by atoms with Crippen molar-refractivity contribution in [2.24, 2.45) is 11.3 Å². The highest BCUT2D eigenvalue weighted by Gasteiger charge is 2.57. The first-order chi connectivity index (χ1) is 13.0. The fraction of sp³-hybridized carbons (Fsp3) is 0.667. The minimum absolute atomic E-state index is 0.101. The Morgan fingerprint density at radius 1 is 1.33 bits per heavy atom. The molecule has 3 fully saturated rings. The minimum Gasteiger partial charge on any atom is -0.393 e. The lowest BCUT2D eigenvalue weighted by Gasteiger charge is -2.34. The molecule has 1 spiro atoms. The molecular formula is C21H30FN3O2. The number of amides is 1. The highest BCUT2D eigenvalue weighted by molar-refractivity contribution is 5.83. The van der Waals surface area contributed by atoms with E-state index in [0.717, 1.165) is 69.5 Å². The standard InChI is InChI=1S/C21H30FN3O2/c1-14(24-20(27)18-13-21(18)6-8-23-9-7-21)17-12-15(22)2-3-19(17)25-10-4-16(26)5-11-25/h2-3,12,14,16,18,23,26H,4-11,13H2,1H3,(H,24,27)/t14-,18-/m0/s1. The first-order valence-electron chi connectivity index (χ1n) is 10.2. The minimum atomic E-state index is -0.284. The summed E-state index contributed by atoms with van der Waals surface area (Å²) in [4.78, 5) is 15.0. The highest BCUT2D eigenvalue weighted by atomic mass is 19.1. The van der Waals surface area contributed by atoms with Crippen LogP contribution in [0, 0.1) is 17.2 Å². The van der Waals surface area contributed by atoms with Crippen LogP contribution in [0.25, 0.3) is 0 Å². The summed E-state index contributed by atoms with van der Waals surface area (Å²) in [5.41, 5.74) is 1.98. The van der Waals surface area contributed by atoms with Crippen LogP contribution in [0.3, 0.4) is 0 Å². The molecule has 0 unspecified atom stereocenters. The van der Waals surface area contributed by atoms with Gasteiger partial charge < -0.3 is 20.6 Å². The average molecular weight is 375 g/mol. The van der Waals surface area contributed by atoms with Crippen LogP contribution in [0.4, 0.5) is 10.1 Å². The number of carbonyl (C=O) groups is 1. The predicted molar refractivity (Wildman–Crippen MR) is 103 cm³/mol.